The average Bonchev–Trinajstić information content (AvgIpc) is 3.05. The molecule has 3 rings (SSSR count). The van der Waals surface area contributed by atoms with Gasteiger partial charge in [-0.25, -0.2) is 4.79 Å². The standard InChI is InChI=1S/C22H34ClNO3S/c1-21(2,3)18-12-15(7-10-24(18)20(25)26)11-17(16-13-19(23)28-14-16)22(27)8-5-4-6-9-22/h13-15,17-18,27H,4-12H2,1-3H3,(H,25,26). The number of aliphatic hydroxyl groups is 1. The van der Waals surface area contributed by atoms with Crippen LogP contribution in [0.15, 0.2) is 11.4 Å². The predicted molar refractivity (Wildman–Crippen MR) is 115 cm³/mol. The normalized spacial score (nSPS) is 26.8. The first-order valence-electron chi connectivity index (χ1n) is 10.6. The van der Waals surface area contributed by atoms with Crippen LogP contribution in [0.2, 0.25) is 4.34 Å². The Morgan fingerprint density at radius 3 is 2.57 bits per heavy atom. The van der Waals surface area contributed by atoms with Gasteiger partial charge in [-0.2, -0.15) is 0 Å². The number of hydrogen-bond donors (Lipinski definition) is 2. The van der Waals surface area contributed by atoms with Crippen molar-refractivity contribution in [3.05, 3.63) is 21.3 Å². The summed E-state index contributed by atoms with van der Waals surface area (Å²) in [6.45, 7) is 6.96. The van der Waals surface area contributed by atoms with Crippen molar-refractivity contribution in [1.29, 1.82) is 0 Å². The third-order valence-electron chi connectivity index (χ3n) is 6.88. The van der Waals surface area contributed by atoms with Crippen molar-refractivity contribution in [2.75, 3.05) is 6.54 Å². The fraction of sp³-hybridized carbons (Fsp3) is 0.773. The van der Waals surface area contributed by atoms with Gasteiger partial charge >= 0.3 is 6.09 Å². The monoisotopic (exact) mass is 427 g/mol. The molecule has 3 atom stereocenters. The summed E-state index contributed by atoms with van der Waals surface area (Å²) in [5, 5.41) is 23.3. The van der Waals surface area contributed by atoms with Gasteiger partial charge in [0.15, 0.2) is 0 Å². The van der Waals surface area contributed by atoms with E-state index < -0.39 is 11.7 Å². The lowest BCUT2D eigenvalue weighted by Crippen LogP contribution is -2.52. The molecule has 1 aromatic heterocycles. The largest absolute Gasteiger partial charge is 0.465 e. The van der Waals surface area contributed by atoms with Crippen LogP contribution in [0.4, 0.5) is 4.79 Å². The second-order valence-corrected chi connectivity index (χ2v) is 11.4. The van der Waals surface area contributed by atoms with Crippen molar-refractivity contribution in [2.45, 2.75) is 89.7 Å². The van der Waals surface area contributed by atoms with Crippen LogP contribution in [-0.2, 0) is 0 Å². The van der Waals surface area contributed by atoms with Crippen LogP contribution in [0.1, 0.15) is 83.6 Å². The van der Waals surface area contributed by atoms with E-state index in [1.165, 1.54) is 17.8 Å². The molecule has 0 spiro atoms. The van der Waals surface area contributed by atoms with E-state index in [-0.39, 0.29) is 17.4 Å². The highest BCUT2D eigenvalue weighted by atomic mass is 35.5. The number of amides is 1. The van der Waals surface area contributed by atoms with E-state index in [1.54, 1.807) is 4.90 Å². The van der Waals surface area contributed by atoms with Gasteiger partial charge in [0.05, 0.1) is 9.94 Å². The Bertz CT molecular complexity index is 678. The molecule has 28 heavy (non-hydrogen) atoms. The first kappa shape index (κ1) is 21.9. The Labute approximate surface area is 177 Å². The van der Waals surface area contributed by atoms with Gasteiger partial charge in [0.1, 0.15) is 0 Å². The first-order chi connectivity index (χ1) is 13.1. The van der Waals surface area contributed by atoms with Gasteiger partial charge in [-0.1, -0.05) is 51.6 Å². The number of likely N-dealkylation sites (tertiary alicyclic amines) is 1. The van der Waals surface area contributed by atoms with E-state index in [0.717, 1.165) is 54.8 Å². The quantitative estimate of drug-likeness (QED) is 0.586. The van der Waals surface area contributed by atoms with Crippen LogP contribution in [0, 0.1) is 11.3 Å². The number of halogens is 1. The van der Waals surface area contributed by atoms with Crippen molar-refractivity contribution in [3.63, 3.8) is 0 Å². The van der Waals surface area contributed by atoms with E-state index in [0.29, 0.717) is 12.5 Å². The van der Waals surface area contributed by atoms with Crippen LogP contribution in [0.5, 0.6) is 0 Å². The molecule has 0 bridgehead atoms. The number of rotatable bonds is 4. The van der Waals surface area contributed by atoms with E-state index in [1.807, 2.05) is 6.07 Å². The lowest BCUT2D eigenvalue weighted by molar-refractivity contribution is -0.0349. The first-order valence-corrected chi connectivity index (χ1v) is 11.8. The number of thiophene rings is 1. The van der Waals surface area contributed by atoms with Crippen molar-refractivity contribution in [1.82, 2.24) is 4.90 Å². The van der Waals surface area contributed by atoms with Gasteiger partial charge in [-0.05, 0) is 60.4 Å². The van der Waals surface area contributed by atoms with Crippen LogP contribution in [0.3, 0.4) is 0 Å². The van der Waals surface area contributed by atoms with Gasteiger partial charge in [-0.15, -0.1) is 11.3 Å². The Hall–Kier alpha value is -0.780. The zero-order valence-corrected chi connectivity index (χ0v) is 18.9. The topological polar surface area (TPSA) is 60.8 Å². The maximum Gasteiger partial charge on any atom is 0.407 e. The fourth-order valence-electron chi connectivity index (χ4n) is 5.32. The molecule has 2 N–H and O–H groups in total. The molecule has 2 fully saturated rings. The van der Waals surface area contributed by atoms with Gasteiger partial charge in [0.25, 0.3) is 0 Å². The molecule has 2 heterocycles. The Morgan fingerprint density at radius 1 is 1.36 bits per heavy atom. The Morgan fingerprint density at radius 2 is 2.04 bits per heavy atom. The average molecular weight is 428 g/mol. The number of piperidine rings is 1. The smallest absolute Gasteiger partial charge is 0.407 e. The third-order valence-corrected chi connectivity index (χ3v) is 7.99. The molecule has 3 unspecified atom stereocenters. The highest BCUT2D eigenvalue weighted by Gasteiger charge is 2.43. The predicted octanol–water partition coefficient (Wildman–Crippen LogP) is 6.38. The summed E-state index contributed by atoms with van der Waals surface area (Å²) in [4.78, 5) is 13.4. The maximum absolute atomic E-state index is 11.7. The molecule has 1 aromatic rings. The summed E-state index contributed by atoms with van der Waals surface area (Å²) < 4.78 is 0.771. The molecule has 1 saturated heterocycles. The van der Waals surface area contributed by atoms with Crippen molar-refractivity contribution >= 4 is 29.0 Å². The molecule has 2 aliphatic rings. The minimum atomic E-state index is -0.814. The van der Waals surface area contributed by atoms with Crippen LogP contribution >= 0.6 is 22.9 Å². The molecule has 1 aliphatic heterocycles. The third kappa shape index (κ3) is 4.85. The molecule has 1 aliphatic carbocycles. The fourth-order valence-corrected chi connectivity index (χ4v) is 6.26. The summed E-state index contributed by atoms with van der Waals surface area (Å²) in [7, 11) is 0. The van der Waals surface area contributed by atoms with Crippen molar-refractivity contribution < 1.29 is 15.0 Å². The van der Waals surface area contributed by atoms with Gasteiger partial charge < -0.3 is 15.1 Å². The van der Waals surface area contributed by atoms with E-state index in [9.17, 15) is 15.0 Å². The lowest BCUT2D eigenvalue weighted by atomic mass is 9.67. The summed E-state index contributed by atoms with van der Waals surface area (Å²) >= 11 is 7.77. The SMILES string of the molecule is CC(C)(C)C1CC(CC(c2csc(Cl)c2)C2(O)CCCCC2)CCN1C(=O)O. The molecular weight excluding hydrogens is 394 g/mol. The highest BCUT2D eigenvalue weighted by molar-refractivity contribution is 7.14. The zero-order chi connectivity index (χ0) is 20.5. The van der Waals surface area contributed by atoms with Crippen molar-refractivity contribution in [2.24, 2.45) is 11.3 Å². The summed E-state index contributed by atoms with van der Waals surface area (Å²) in [5.74, 6) is 0.494. The van der Waals surface area contributed by atoms with Gasteiger partial charge in [-0.3, -0.25) is 0 Å². The van der Waals surface area contributed by atoms with E-state index in [2.05, 4.69) is 26.2 Å². The Kier molecular flexibility index (Phi) is 6.68. The summed E-state index contributed by atoms with van der Waals surface area (Å²) in [6.07, 6.45) is 6.87. The van der Waals surface area contributed by atoms with Crippen LogP contribution in [-0.4, -0.2) is 39.4 Å². The van der Waals surface area contributed by atoms with Gasteiger partial charge in [0, 0.05) is 18.5 Å². The number of carboxylic acid groups (broad SMARTS) is 1. The molecule has 4 nitrogen and oxygen atoms in total. The molecule has 6 heteroatoms. The van der Waals surface area contributed by atoms with Crippen molar-refractivity contribution in [3.8, 4) is 0 Å². The second kappa shape index (κ2) is 8.53. The minimum Gasteiger partial charge on any atom is -0.465 e. The number of nitrogens with zero attached hydrogens (tertiary/aromatic N) is 1. The molecule has 0 aromatic carbocycles. The van der Waals surface area contributed by atoms with Crippen LogP contribution < -0.4 is 0 Å². The van der Waals surface area contributed by atoms with E-state index >= 15 is 0 Å². The minimum absolute atomic E-state index is 0.0106. The number of hydrogen-bond acceptors (Lipinski definition) is 3. The van der Waals surface area contributed by atoms with Crippen LogP contribution in [0.25, 0.3) is 0 Å². The Balaban J connectivity index is 1.81. The highest BCUT2D eigenvalue weighted by Crippen LogP contribution is 2.47. The molecule has 0 radical (unpaired) electrons. The molecule has 1 amide bonds. The molecule has 1 saturated carbocycles. The summed E-state index contributed by atoms with van der Waals surface area (Å²) in [6, 6.07) is 2.04. The number of carbonyl (C=O) groups is 1. The zero-order valence-electron chi connectivity index (χ0n) is 17.3. The van der Waals surface area contributed by atoms with E-state index in [4.69, 9.17) is 11.6 Å². The molecule has 158 valence electrons. The second-order valence-electron chi connectivity index (χ2n) is 9.88. The molecular formula is C22H34ClNO3S. The maximum atomic E-state index is 11.7. The van der Waals surface area contributed by atoms with Gasteiger partial charge in [0.2, 0.25) is 0 Å². The lowest BCUT2D eigenvalue weighted by Gasteiger charge is -2.47. The summed E-state index contributed by atoms with van der Waals surface area (Å²) in [5.41, 5.74) is 0.399.